The average molecular weight is 214 g/mol. The lowest BCUT2D eigenvalue weighted by Gasteiger charge is -2.28. The highest BCUT2D eigenvalue weighted by Gasteiger charge is 2.51. The van der Waals surface area contributed by atoms with Crippen molar-refractivity contribution >= 4 is 5.97 Å². The van der Waals surface area contributed by atoms with Crippen LogP contribution in [0.25, 0.3) is 0 Å². The average Bonchev–Trinajstić information content (AvgIpc) is 2.50. The fraction of sp³-hybridized carbons (Fsp3) is 0.909. The lowest BCUT2D eigenvalue weighted by Crippen LogP contribution is -2.39. The van der Waals surface area contributed by atoms with Crippen LogP contribution in [0.5, 0.6) is 0 Å². The zero-order valence-corrected chi connectivity index (χ0v) is 9.65. The van der Waals surface area contributed by atoms with Crippen LogP contribution in [0.15, 0.2) is 0 Å². The third kappa shape index (κ3) is 2.16. The minimum Gasteiger partial charge on any atom is -0.457 e. The van der Waals surface area contributed by atoms with E-state index >= 15 is 0 Å². The first-order valence-corrected chi connectivity index (χ1v) is 5.39. The van der Waals surface area contributed by atoms with Gasteiger partial charge in [-0.2, -0.15) is 0 Å². The van der Waals surface area contributed by atoms with Crippen molar-refractivity contribution in [2.45, 2.75) is 64.1 Å². The van der Waals surface area contributed by atoms with Gasteiger partial charge in [-0.3, -0.25) is 4.79 Å². The van der Waals surface area contributed by atoms with Gasteiger partial charge in [-0.15, -0.1) is 0 Å². The van der Waals surface area contributed by atoms with Crippen molar-refractivity contribution in [1.82, 2.24) is 0 Å². The monoisotopic (exact) mass is 214 g/mol. The van der Waals surface area contributed by atoms with Crippen LogP contribution in [0.1, 0.15) is 34.1 Å². The molecule has 0 aromatic heterocycles. The molecule has 0 radical (unpaired) electrons. The Kier molecular flexibility index (Phi) is 2.51. The highest BCUT2D eigenvalue weighted by Crippen LogP contribution is 2.35. The Bertz CT molecular complexity index is 268. The smallest absolute Gasteiger partial charge is 0.309 e. The third-order valence-electron chi connectivity index (χ3n) is 2.67. The number of fused-ring (bicyclic) bond motifs is 1. The summed E-state index contributed by atoms with van der Waals surface area (Å²) < 4.78 is 16.7. The maximum absolute atomic E-state index is 11.1. The van der Waals surface area contributed by atoms with Crippen molar-refractivity contribution in [2.75, 3.05) is 0 Å². The van der Waals surface area contributed by atoms with E-state index in [4.69, 9.17) is 14.2 Å². The van der Waals surface area contributed by atoms with Gasteiger partial charge in [0, 0.05) is 0 Å². The number of hydrogen-bond acceptors (Lipinski definition) is 4. The van der Waals surface area contributed by atoms with Crippen molar-refractivity contribution in [3.05, 3.63) is 0 Å². The molecule has 86 valence electrons. The molecular weight excluding hydrogens is 196 g/mol. The fourth-order valence-electron chi connectivity index (χ4n) is 2.15. The Morgan fingerprint density at radius 3 is 2.67 bits per heavy atom. The van der Waals surface area contributed by atoms with Crippen LogP contribution in [0.4, 0.5) is 0 Å². The zero-order chi connectivity index (χ0) is 11.2. The normalized spacial score (nSPS) is 40.4. The molecule has 2 rings (SSSR count). The van der Waals surface area contributed by atoms with Gasteiger partial charge < -0.3 is 14.2 Å². The molecule has 2 aliphatic rings. The molecule has 15 heavy (non-hydrogen) atoms. The van der Waals surface area contributed by atoms with Gasteiger partial charge in [0.25, 0.3) is 0 Å². The molecule has 2 aliphatic heterocycles. The maximum atomic E-state index is 11.1. The van der Waals surface area contributed by atoms with Crippen LogP contribution in [-0.2, 0) is 19.0 Å². The van der Waals surface area contributed by atoms with Gasteiger partial charge in [-0.05, 0) is 27.7 Å². The lowest BCUT2D eigenvalue weighted by molar-refractivity contribution is -0.155. The molecule has 0 unspecified atom stereocenters. The molecule has 0 bridgehead atoms. The molecule has 0 amide bonds. The summed E-state index contributed by atoms with van der Waals surface area (Å²) in [7, 11) is 0. The first kappa shape index (κ1) is 10.9. The second kappa shape index (κ2) is 3.46. The SMILES string of the molecule is C[C@H]1O[C@@H]2CC(=O)O[C@@H]2[C@H]1OC(C)(C)C. The van der Waals surface area contributed by atoms with Crippen LogP contribution >= 0.6 is 0 Å². The van der Waals surface area contributed by atoms with Gasteiger partial charge in [-0.1, -0.05) is 0 Å². The quantitative estimate of drug-likeness (QED) is 0.617. The highest BCUT2D eigenvalue weighted by molar-refractivity contribution is 5.73. The summed E-state index contributed by atoms with van der Waals surface area (Å²) in [5.74, 6) is -0.181. The molecule has 0 aliphatic carbocycles. The molecule has 4 heteroatoms. The van der Waals surface area contributed by atoms with Gasteiger partial charge >= 0.3 is 5.97 Å². The van der Waals surface area contributed by atoms with Crippen molar-refractivity contribution in [2.24, 2.45) is 0 Å². The summed E-state index contributed by atoms with van der Waals surface area (Å²) in [6.45, 7) is 7.93. The van der Waals surface area contributed by atoms with E-state index in [0.717, 1.165) is 0 Å². The van der Waals surface area contributed by atoms with Gasteiger partial charge in [0.15, 0.2) is 6.10 Å². The van der Waals surface area contributed by atoms with E-state index in [1.807, 2.05) is 27.7 Å². The summed E-state index contributed by atoms with van der Waals surface area (Å²) in [5, 5.41) is 0. The highest BCUT2D eigenvalue weighted by atomic mass is 16.6. The maximum Gasteiger partial charge on any atom is 0.309 e. The Morgan fingerprint density at radius 2 is 2.07 bits per heavy atom. The summed E-state index contributed by atoms with van der Waals surface area (Å²) in [6.07, 6.45) is -0.112. The Morgan fingerprint density at radius 1 is 1.40 bits per heavy atom. The number of carbonyl (C=O) groups excluding carboxylic acids is 1. The van der Waals surface area contributed by atoms with Crippen molar-refractivity contribution in [3.63, 3.8) is 0 Å². The van der Waals surface area contributed by atoms with E-state index in [-0.39, 0.29) is 36.0 Å². The minimum atomic E-state index is -0.244. The molecule has 0 N–H and O–H groups in total. The summed E-state index contributed by atoms with van der Waals surface area (Å²) in [4.78, 5) is 11.1. The van der Waals surface area contributed by atoms with E-state index < -0.39 is 0 Å². The molecule has 4 nitrogen and oxygen atoms in total. The first-order valence-electron chi connectivity index (χ1n) is 5.39. The van der Waals surface area contributed by atoms with Crippen molar-refractivity contribution in [1.29, 1.82) is 0 Å². The predicted octanol–water partition coefficient (Wildman–Crippen LogP) is 1.27. The van der Waals surface area contributed by atoms with Gasteiger partial charge in [0.1, 0.15) is 12.2 Å². The fourth-order valence-corrected chi connectivity index (χ4v) is 2.15. The van der Waals surface area contributed by atoms with Crippen LogP contribution in [0.2, 0.25) is 0 Å². The zero-order valence-electron chi connectivity index (χ0n) is 9.65. The van der Waals surface area contributed by atoms with E-state index in [1.54, 1.807) is 0 Å². The number of esters is 1. The Balaban J connectivity index is 2.07. The van der Waals surface area contributed by atoms with Crippen molar-refractivity contribution < 1.29 is 19.0 Å². The lowest BCUT2D eigenvalue weighted by atomic mass is 10.1. The number of rotatable bonds is 1. The number of ether oxygens (including phenoxy) is 3. The molecule has 2 saturated heterocycles. The van der Waals surface area contributed by atoms with E-state index in [9.17, 15) is 4.79 Å². The largest absolute Gasteiger partial charge is 0.457 e. The first-order chi connectivity index (χ1) is 6.87. The second-order valence-corrected chi connectivity index (χ2v) is 5.23. The van der Waals surface area contributed by atoms with E-state index in [2.05, 4.69) is 0 Å². The second-order valence-electron chi connectivity index (χ2n) is 5.23. The topological polar surface area (TPSA) is 44.8 Å². The van der Waals surface area contributed by atoms with Crippen LogP contribution in [0, 0.1) is 0 Å². The van der Waals surface area contributed by atoms with Crippen LogP contribution < -0.4 is 0 Å². The number of carbonyl (C=O) groups is 1. The molecule has 2 fully saturated rings. The molecular formula is C11H18O4. The molecule has 0 aromatic carbocycles. The molecule has 2 heterocycles. The Hall–Kier alpha value is -0.610. The minimum absolute atomic E-state index is 0.00711. The van der Waals surface area contributed by atoms with E-state index in [1.165, 1.54) is 0 Å². The van der Waals surface area contributed by atoms with E-state index in [0.29, 0.717) is 6.42 Å². The standard InChI is InChI=1S/C11H18O4/c1-6-9(15-11(2,3)4)10-7(13-6)5-8(12)14-10/h6-7,9-10H,5H2,1-4H3/t6-,7-,9+,10+/m1/s1. The van der Waals surface area contributed by atoms with Gasteiger partial charge in [0.05, 0.1) is 18.1 Å². The summed E-state index contributed by atoms with van der Waals surface area (Å²) in [6, 6.07) is 0. The third-order valence-corrected chi connectivity index (χ3v) is 2.67. The number of hydrogen-bond donors (Lipinski definition) is 0. The molecule has 4 atom stereocenters. The molecule has 0 spiro atoms. The summed E-state index contributed by atoms with van der Waals surface area (Å²) in [5.41, 5.74) is -0.244. The van der Waals surface area contributed by atoms with Gasteiger partial charge in [-0.25, -0.2) is 0 Å². The van der Waals surface area contributed by atoms with Crippen molar-refractivity contribution in [3.8, 4) is 0 Å². The Labute approximate surface area is 89.9 Å². The van der Waals surface area contributed by atoms with Gasteiger partial charge in [0.2, 0.25) is 0 Å². The molecule has 0 saturated carbocycles. The molecule has 0 aromatic rings. The van der Waals surface area contributed by atoms with Crippen LogP contribution in [-0.4, -0.2) is 36.0 Å². The van der Waals surface area contributed by atoms with Crippen LogP contribution in [0.3, 0.4) is 0 Å². The predicted molar refractivity (Wildman–Crippen MR) is 53.5 cm³/mol. The summed E-state index contributed by atoms with van der Waals surface area (Å²) >= 11 is 0.